The summed E-state index contributed by atoms with van der Waals surface area (Å²) >= 11 is 0. The van der Waals surface area contributed by atoms with Crippen LogP contribution in [0.15, 0.2) is 121 Å². The second-order valence-corrected chi connectivity index (χ2v) is 40.7. The maximum Gasteiger partial charge on any atom is 0.325 e. The highest BCUT2D eigenvalue weighted by Gasteiger charge is 2.43. The van der Waals surface area contributed by atoms with Crippen molar-refractivity contribution in [3.63, 3.8) is 0 Å². The van der Waals surface area contributed by atoms with Crippen LogP contribution in [-0.2, 0) is 108 Å². The number of carboxylic acids is 4. The van der Waals surface area contributed by atoms with E-state index in [2.05, 4.69) is 69.8 Å². The highest BCUT2D eigenvalue weighted by molar-refractivity contribution is 5.79. The molecule has 0 aliphatic carbocycles. The fourth-order valence-corrected chi connectivity index (χ4v) is 22.9. The number of hydrogen-bond acceptors (Lipinski definition) is 24. The maximum atomic E-state index is 14.9. The molecule has 16 heterocycles. The summed E-state index contributed by atoms with van der Waals surface area (Å²) in [5.41, 5.74) is 14.4. The van der Waals surface area contributed by atoms with E-state index in [0.29, 0.717) is 139 Å². The quantitative estimate of drug-likeness (QED) is 0.0131. The summed E-state index contributed by atoms with van der Waals surface area (Å²) in [5.74, 6) is -1.36. The molecule has 4 aromatic heterocycles. The number of ether oxygens (including phenoxy) is 8. The highest BCUT2D eigenvalue weighted by Crippen LogP contribution is 2.44. The van der Waals surface area contributed by atoms with Gasteiger partial charge < -0.3 is 79.6 Å². The van der Waals surface area contributed by atoms with Crippen LogP contribution in [0.2, 0.25) is 0 Å². The molecule has 12 atom stereocenters. The molecule has 12 aliphatic rings. The van der Waals surface area contributed by atoms with Crippen LogP contribution in [0.4, 0.5) is 40.8 Å². The van der Waals surface area contributed by atoms with Crippen LogP contribution in [0.25, 0.3) is 0 Å². The molecule has 145 heavy (non-hydrogen) atoms. The van der Waals surface area contributed by atoms with E-state index in [1.165, 1.54) is 64.7 Å². The molecular formula is C113H146F4N12O16. The number of nitrogens with zero attached hydrogens (tertiary/aromatic N) is 8. The molecule has 0 bridgehead atoms. The smallest absolute Gasteiger partial charge is 0.325 e. The van der Waals surface area contributed by atoms with Gasteiger partial charge in [-0.1, -0.05) is 54.6 Å². The van der Waals surface area contributed by atoms with E-state index in [4.69, 9.17) is 57.8 Å². The van der Waals surface area contributed by atoms with Crippen LogP contribution >= 0.6 is 0 Å². The third kappa shape index (κ3) is 28.9. The molecule has 28 nitrogen and oxygen atoms in total. The molecule has 8 aromatic rings. The lowest BCUT2D eigenvalue weighted by Gasteiger charge is -2.30. The summed E-state index contributed by atoms with van der Waals surface area (Å²) in [5, 5.41) is 54.0. The first-order chi connectivity index (χ1) is 70.8. The summed E-state index contributed by atoms with van der Waals surface area (Å²) < 4.78 is 105. The Hall–Kier alpha value is -10.2. The molecule has 12 aliphatic heterocycles. The van der Waals surface area contributed by atoms with Crippen LogP contribution in [0.5, 0.6) is 0 Å². The molecule has 8 fully saturated rings. The van der Waals surface area contributed by atoms with Crippen LogP contribution in [0.3, 0.4) is 0 Å². The van der Waals surface area contributed by atoms with E-state index < -0.39 is 65.5 Å². The Balaban J connectivity index is 0.000000132. The van der Waals surface area contributed by atoms with Gasteiger partial charge in [-0.15, -0.1) is 0 Å². The largest absolute Gasteiger partial charge is 0.480 e. The minimum Gasteiger partial charge on any atom is -0.480 e. The van der Waals surface area contributed by atoms with Gasteiger partial charge >= 0.3 is 23.9 Å². The number of aliphatic carboxylic acids is 4. The molecule has 0 saturated carbocycles. The van der Waals surface area contributed by atoms with Crippen molar-refractivity contribution in [3.8, 4) is 0 Å². The van der Waals surface area contributed by atoms with Crippen molar-refractivity contribution in [2.45, 2.75) is 285 Å². The number of likely N-dealkylation sites (tertiary alicyclic amines) is 4. The lowest BCUT2D eigenvalue weighted by atomic mass is 9.91. The maximum absolute atomic E-state index is 14.9. The van der Waals surface area contributed by atoms with Crippen LogP contribution in [-0.4, -0.2) is 240 Å². The van der Waals surface area contributed by atoms with Crippen molar-refractivity contribution < 1.29 is 95.1 Å². The monoisotopic (exact) mass is 2000 g/mol. The number of nitrogens with one attached hydrogen (secondary N) is 4. The first kappa shape index (κ1) is 106. The minimum atomic E-state index is -0.965. The fraction of sp³-hybridized carbons (Fsp3) is 0.575. The van der Waals surface area contributed by atoms with Gasteiger partial charge in [-0.2, -0.15) is 0 Å². The van der Waals surface area contributed by atoms with Gasteiger partial charge in [-0.25, -0.2) is 37.5 Å². The average Bonchev–Trinajstić information content (AvgIpc) is 1.72. The van der Waals surface area contributed by atoms with E-state index in [1.807, 2.05) is 19.6 Å². The van der Waals surface area contributed by atoms with Crippen LogP contribution < -0.4 is 21.3 Å². The van der Waals surface area contributed by atoms with Gasteiger partial charge in [0, 0.05) is 160 Å². The Labute approximate surface area is 848 Å². The van der Waals surface area contributed by atoms with E-state index >= 15 is 0 Å². The van der Waals surface area contributed by atoms with Gasteiger partial charge in [-0.3, -0.25) is 38.8 Å². The molecule has 32 heteroatoms. The van der Waals surface area contributed by atoms with Crippen molar-refractivity contribution in [2.24, 2.45) is 0 Å². The second kappa shape index (κ2) is 53.1. The normalized spacial score (nSPS) is 22.8. The molecule has 4 aromatic carbocycles. The number of halogens is 4. The Morgan fingerprint density at radius 1 is 0.331 bits per heavy atom. The number of rotatable bonds is 40. The molecule has 0 unspecified atom stereocenters. The van der Waals surface area contributed by atoms with E-state index in [9.17, 15) is 57.2 Å². The lowest BCUT2D eigenvalue weighted by molar-refractivity contribution is -0.144. The number of benzene rings is 4. The Morgan fingerprint density at radius 3 is 0.903 bits per heavy atom. The summed E-state index contributed by atoms with van der Waals surface area (Å²) in [4.78, 5) is 76.1. The number of hydrogen-bond donors (Lipinski definition) is 8. The molecule has 0 amide bonds. The Morgan fingerprint density at radius 2 is 0.621 bits per heavy atom. The number of anilines is 4. The standard InChI is InChI=1S/C29H38FN3O4.3C28H36FN3O4/c30-24-10-5-9-23(26(24)25-11-2-4-18-37-25)27(29(34)35)33-16-14-22(19-33)36-17-3-1-8-21-13-12-20-7-6-15-31-28(20)32-21;3*29-20-9-11-23(25-7-4-16-36-25)24(17-20)26(28(33)34)32-14-12-22(18-32)35-15-2-1-6-21-10-8-19-5-3-13-30-27(19)31-21/h5,9-10,12-13,22,25,27H,1-4,6-8,11,14-19H2,(H,31,32)(H,34,35);3*8-11,17,22,25-26H,1-7,12-16,18H2,(H,30,31)(H,33,34)/t22-,25+,27-;22-,25+,26+;22-,25+,26-;22-,25-,26-/m1111/s1. The number of carboxylic acid groups (broad SMARTS) is 4. The zero-order valence-electron chi connectivity index (χ0n) is 83.7. The van der Waals surface area contributed by atoms with Crippen molar-refractivity contribution in [3.05, 3.63) is 234 Å². The Bertz CT molecular complexity index is 5200. The predicted molar refractivity (Wildman–Crippen MR) is 543 cm³/mol. The molecule has 782 valence electrons. The zero-order chi connectivity index (χ0) is 100. The van der Waals surface area contributed by atoms with Crippen molar-refractivity contribution in [1.82, 2.24) is 39.5 Å². The first-order valence-electron chi connectivity index (χ1n) is 53.7. The van der Waals surface area contributed by atoms with Gasteiger partial charge in [0.05, 0.1) is 48.8 Å². The van der Waals surface area contributed by atoms with Crippen molar-refractivity contribution in [2.75, 3.05) is 153 Å². The van der Waals surface area contributed by atoms with E-state index in [1.54, 1.807) is 30.3 Å². The van der Waals surface area contributed by atoms with Gasteiger partial charge in [0.25, 0.3) is 0 Å². The number of aromatic nitrogens is 4. The molecule has 20 rings (SSSR count). The summed E-state index contributed by atoms with van der Waals surface area (Å²) in [6, 6.07) is 31.8. The van der Waals surface area contributed by atoms with Crippen molar-refractivity contribution >= 4 is 47.1 Å². The summed E-state index contributed by atoms with van der Waals surface area (Å²) in [6.45, 7) is 13.6. The van der Waals surface area contributed by atoms with Crippen LogP contribution in [0.1, 0.15) is 299 Å². The third-order valence-electron chi connectivity index (χ3n) is 30.4. The molecule has 0 spiro atoms. The van der Waals surface area contributed by atoms with E-state index in [-0.39, 0.29) is 54.6 Å². The number of carbonyl (C=O) groups is 4. The van der Waals surface area contributed by atoms with E-state index in [0.717, 1.165) is 294 Å². The predicted octanol–water partition coefficient (Wildman–Crippen LogP) is 19.1. The molecular weight excluding hydrogens is 1860 g/mol. The average molecular weight is 2000 g/mol. The lowest BCUT2D eigenvalue weighted by Crippen LogP contribution is -2.35. The fourth-order valence-electron chi connectivity index (χ4n) is 22.9. The summed E-state index contributed by atoms with van der Waals surface area (Å²) in [6.07, 6.45) is 30.4. The van der Waals surface area contributed by atoms with Gasteiger partial charge in [-0.05, 0) is 340 Å². The summed E-state index contributed by atoms with van der Waals surface area (Å²) in [7, 11) is 0. The second-order valence-electron chi connectivity index (χ2n) is 40.7. The Kier molecular flexibility index (Phi) is 38.9. The van der Waals surface area contributed by atoms with Gasteiger partial charge in [0.1, 0.15) is 70.7 Å². The first-order valence-corrected chi connectivity index (χ1v) is 53.7. The molecule has 8 N–H and O–H groups in total. The van der Waals surface area contributed by atoms with Crippen molar-refractivity contribution in [1.29, 1.82) is 0 Å². The molecule has 0 radical (unpaired) electrons. The minimum absolute atomic E-state index is 0.0161. The number of unbranched alkanes of at least 4 members (excludes halogenated alkanes) is 4. The topological polar surface area (TPSA) is 336 Å². The molecule has 8 saturated heterocycles. The highest BCUT2D eigenvalue weighted by atomic mass is 19.1. The number of aryl methyl sites for hydroxylation is 8. The number of fused-ring (bicyclic) bond motifs is 4. The van der Waals surface area contributed by atoms with Crippen LogP contribution in [0, 0.1) is 23.3 Å². The third-order valence-corrected chi connectivity index (χ3v) is 30.4. The van der Waals surface area contributed by atoms with Gasteiger partial charge in [0.2, 0.25) is 0 Å². The number of pyridine rings is 4. The SMILES string of the molecule is O=C(O)[C@@H](c1cc(F)ccc1[C@@H]1CCCO1)N1CC[C@@H](OCCCCc2ccc3c(n2)NCCC3)C1.O=C(O)[C@@H](c1cc(F)ccc1[C@H]1CCCO1)N1CC[C@@H](OCCCCc2ccc3c(n2)NCCC3)C1.O=C(O)[C@@H](c1cccc(F)c1[C@@H]1CCCCO1)N1CC[C@@H](OCCCCc2ccc3c(n2)NCCC3)C1.O=C(O)[C@H](c1cc(F)ccc1[C@@H]1CCCO1)N1CC[C@@H](OCCCCc2ccc3c(n2)NCCC3)C1. The zero-order valence-corrected chi connectivity index (χ0v) is 83.7. The van der Waals surface area contributed by atoms with Gasteiger partial charge in [0.15, 0.2) is 0 Å².